The fourth-order valence-electron chi connectivity index (χ4n) is 0.996. The number of aliphatic hydroxyl groups excluding tert-OH is 1. The predicted molar refractivity (Wildman–Crippen MR) is 46.5 cm³/mol. The lowest BCUT2D eigenvalue weighted by Gasteiger charge is -2.06. The molecule has 0 aromatic heterocycles. The molecule has 0 aromatic carbocycles. The van der Waals surface area contributed by atoms with E-state index in [-0.39, 0.29) is 6.61 Å². The smallest absolute Gasteiger partial charge is 0.0641 e. The Morgan fingerprint density at radius 2 is 2.27 bits per heavy atom. The van der Waals surface area contributed by atoms with Crippen LogP contribution in [0.5, 0.6) is 0 Å². The quantitative estimate of drug-likeness (QED) is 0.616. The highest BCUT2D eigenvalue weighted by atomic mass is 16.5. The van der Waals surface area contributed by atoms with E-state index >= 15 is 0 Å². The molecule has 0 rings (SSSR count). The number of rotatable bonds is 5. The molecule has 0 fully saturated rings. The van der Waals surface area contributed by atoms with Crippen molar-refractivity contribution in [3.05, 3.63) is 11.6 Å². The van der Waals surface area contributed by atoms with Crippen LogP contribution in [0.1, 0.15) is 20.3 Å². The summed E-state index contributed by atoms with van der Waals surface area (Å²) in [6, 6.07) is 0. The summed E-state index contributed by atoms with van der Waals surface area (Å²) < 4.78 is 4.97. The molecule has 66 valence electrons. The number of ether oxygens (including phenoxy) is 1. The third kappa shape index (κ3) is 4.99. The second-order valence-electron chi connectivity index (χ2n) is 2.77. The zero-order chi connectivity index (χ0) is 8.69. The van der Waals surface area contributed by atoms with E-state index < -0.39 is 0 Å². The van der Waals surface area contributed by atoms with Crippen molar-refractivity contribution in [2.75, 3.05) is 20.3 Å². The lowest BCUT2D eigenvalue weighted by molar-refractivity contribution is 0.175. The van der Waals surface area contributed by atoms with Gasteiger partial charge in [-0.1, -0.05) is 19.9 Å². The predicted octanol–water partition coefficient (Wildman–Crippen LogP) is 1.60. The van der Waals surface area contributed by atoms with Gasteiger partial charge in [-0.3, -0.25) is 0 Å². The molecule has 0 spiro atoms. The summed E-state index contributed by atoms with van der Waals surface area (Å²) in [5.74, 6) is 0.405. The Bertz CT molecular complexity index is 113. The fraction of sp³-hybridized carbons (Fsp3) is 0.778. The Labute approximate surface area is 68.9 Å². The van der Waals surface area contributed by atoms with E-state index in [9.17, 15) is 0 Å². The maximum Gasteiger partial charge on any atom is 0.0641 e. The van der Waals surface area contributed by atoms with Crippen LogP contribution in [0.3, 0.4) is 0 Å². The van der Waals surface area contributed by atoms with E-state index in [0.717, 1.165) is 18.6 Å². The highest BCUT2D eigenvalue weighted by Crippen LogP contribution is 2.05. The molecule has 0 radical (unpaired) electrons. The summed E-state index contributed by atoms with van der Waals surface area (Å²) in [7, 11) is 1.69. The topological polar surface area (TPSA) is 29.5 Å². The first kappa shape index (κ1) is 10.7. The maximum atomic E-state index is 8.83. The molecule has 0 aliphatic rings. The Hall–Kier alpha value is -0.340. The van der Waals surface area contributed by atoms with E-state index in [1.807, 2.05) is 6.92 Å². The molecular weight excluding hydrogens is 140 g/mol. The van der Waals surface area contributed by atoms with E-state index in [0.29, 0.717) is 5.92 Å². The zero-order valence-corrected chi connectivity index (χ0v) is 7.63. The SMILES string of the molecule is CCC(=CC(C)COC)CO. The van der Waals surface area contributed by atoms with Crippen LogP contribution in [0, 0.1) is 5.92 Å². The van der Waals surface area contributed by atoms with Crippen LogP contribution in [0.4, 0.5) is 0 Å². The Balaban J connectivity index is 3.81. The van der Waals surface area contributed by atoms with Crippen molar-refractivity contribution in [2.45, 2.75) is 20.3 Å². The molecule has 1 unspecified atom stereocenters. The summed E-state index contributed by atoms with van der Waals surface area (Å²) in [4.78, 5) is 0. The Kier molecular flexibility index (Phi) is 6.18. The van der Waals surface area contributed by atoms with Crippen LogP contribution in [-0.4, -0.2) is 25.4 Å². The molecule has 0 aromatic rings. The van der Waals surface area contributed by atoms with Gasteiger partial charge in [0.2, 0.25) is 0 Å². The second-order valence-corrected chi connectivity index (χ2v) is 2.77. The zero-order valence-electron chi connectivity index (χ0n) is 7.63. The van der Waals surface area contributed by atoms with E-state index in [1.54, 1.807) is 7.11 Å². The molecule has 2 heteroatoms. The average Bonchev–Trinajstić information content (AvgIpc) is 2.01. The van der Waals surface area contributed by atoms with Crippen LogP contribution < -0.4 is 0 Å². The fourth-order valence-corrected chi connectivity index (χ4v) is 0.996. The Morgan fingerprint density at radius 1 is 1.64 bits per heavy atom. The van der Waals surface area contributed by atoms with Crippen molar-refractivity contribution in [1.29, 1.82) is 0 Å². The summed E-state index contributed by atoms with van der Waals surface area (Å²) >= 11 is 0. The molecule has 0 heterocycles. The van der Waals surface area contributed by atoms with Crippen LogP contribution in [0.2, 0.25) is 0 Å². The van der Waals surface area contributed by atoms with Gasteiger partial charge in [-0.25, -0.2) is 0 Å². The number of hydrogen-bond donors (Lipinski definition) is 1. The van der Waals surface area contributed by atoms with Crippen LogP contribution >= 0.6 is 0 Å². The van der Waals surface area contributed by atoms with E-state index in [4.69, 9.17) is 9.84 Å². The van der Waals surface area contributed by atoms with Gasteiger partial charge in [0.25, 0.3) is 0 Å². The third-order valence-electron chi connectivity index (χ3n) is 1.61. The Morgan fingerprint density at radius 3 is 2.64 bits per heavy atom. The van der Waals surface area contributed by atoms with Crippen LogP contribution in [0.25, 0.3) is 0 Å². The molecule has 2 nitrogen and oxygen atoms in total. The number of aliphatic hydroxyl groups is 1. The molecule has 0 amide bonds. The summed E-state index contributed by atoms with van der Waals surface area (Å²) in [5.41, 5.74) is 1.09. The number of methoxy groups -OCH3 is 1. The van der Waals surface area contributed by atoms with Crippen molar-refractivity contribution >= 4 is 0 Å². The molecular formula is C9H18O2. The van der Waals surface area contributed by atoms with Gasteiger partial charge in [0.15, 0.2) is 0 Å². The van der Waals surface area contributed by atoms with Gasteiger partial charge >= 0.3 is 0 Å². The van der Waals surface area contributed by atoms with Crippen molar-refractivity contribution in [3.63, 3.8) is 0 Å². The number of hydrogen-bond acceptors (Lipinski definition) is 2. The molecule has 0 bridgehead atoms. The molecule has 1 N–H and O–H groups in total. The molecule has 0 aliphatic carbocycles. The highest BCUT2D eigenvalue weighted by Gasteiger charge is 1.98. The van der Waals surface area contributed by atoms with Crippen molar-refractivity contribution in [3.8, 4) is 0 Å². The first-order valence-electron chi connectivity index (χ1n) is 4.03. The lowest BCUT2D eigenvalue weighted by atomic mass is 10.1. The van der Waals surface area contributed by atoms with Crippen molar-refractivity contribution in [1.82, 2.24) is 0 Å². The van der Waals surface area contributed by atoms with Crippen molar-refractivity contribution in [2.24, 2.45) is 5.92 Å². The summed E-state index contributed by atoms with van der Waals surface area (Å²) in [6.45, 7) is 5.02. The minimum absolute atomic E-state index is 0.171. The first-order chi connectivity index (χ1) is 5.24. The summed E-state index contributed by atoms with van der Waals surface area (Å²) in [6.07, 6.45) is 2.99. The monoisotopic (exact) mass is 158 g/mol. The average molecular weight is 158 g/mol. The van der Waals surface area contributed by atoms with E-state index in [1.165, 1.54) is 0 Å². The molecule has 0 saturated carbocycles. The third-order valence-corrected chi connectivity index (χ3v) is 1.61. The van der Waals surface area contributed by atoms with Gasteiger partial charge in [0.05, 0.1) is 13.2 Å². The van der Waals surface area contributed by atoms with Gasteiger partial charge < -0.3 is 9.84 Å². The van der Waals surface area contributed by atoms with Gasteiger partial charge in [0, 0.05) is 7.11 Å². The summed E-state index contributed by atoms with van der Waals surface area (Å²) in [5, 5.41) is 8.83. The molecule has 0 aliphatic heterocycles. The lowest BCUT2D eigenvalue weighted by Crippen LogP contribution is -2.02. The minimum atomic E-state index is 0.171. The highest BCUT2D eigenvalue weighted by molar-refractivity contribution is 5.03. The van der Waals surface area contributed by atoms with Gasteiger partial charge in [-0.15, -0.1) is 0 Å². The maximum absolute atomic E-state index is 8.83. The van der Waals surface area contributed by atoms with Crippen LogP contribution in [-0.2, 0) is 4.74 Å². The molecule has 1 atom stereocenters. The molecule has 0 saturated heterocycles. The van der Waals surface area contributed by atoms with Gasteiger partial charge in [-0.05, 0) is 17.9 Å². The normalized spacial score (nSPS) is 15.1. The standard InChI is InChI=1S/C9H18O2/c1-4-9(6-10)5-8(2)7-11-3/h5,8,10H,4,6-7H2,1-3H3. The molecule has 11 heavy (non-hydrogen) atoms. The van der Waals surface area contributed by atoms with Gasteiger partial charge in [-0.2, -0.15) is 0 Å². The van der Waals surface area contributed by atoms with E-state index in [2.05, 4.69) is 13.0 Å². The first-order valence-corrected chi connectivity index (χ1v) is 4.03. The van der Waals surface area contributed by atoms with Gasteiger partial charge in [0.1, 0.15) is 0 Å². The van der Waals surface area contributed by atoms with Crippen LogP contribution in [0.15, 0.2) is 11.6 Å². The second kappa shape index (κ2) is 6.38. The minimum Gasteiger partial charge on any atom is -0.392 e. The van der Waals surface area contributed by atoms with Crippen molar-refractivity contribution < 1.29 is 9.84 Å². The largest absolute Gasteiger partial charge is 0.392 e.